The number of imidazole rings is 1. The highest BCUT2D eigenvalue weighted by Crippen LogP contribution is 2.25. The topological polar surface area (TPSA) is 35.6 Å². The fourth-order valence-corrected chi connectivity index (χ4v) is 3.15. The molecule has 0 radical (unpaired) electrons. The third-order valence-corrected chi connectivity index (χ3v) is 4.18. The first-order valence-corrected chi connectivity index (χ1v) is 8.21. The summed E-state index contributed by atoms with van der Waals surface area (Å²) in [5.41, 5.74) is 2.13. The summed E-state index contributed by atoms with van der Waals surface area (Å²) in [7, 11) is 0. The van der Waals surface area contributed by atoms with Gasteiger partial charge in [0.2, 0.25) is 0 Å². The summed E-state index contributed by atoms with van der Waals surface area (Å²) < 4.78 is 5.25. The molecule has 0 fully saturated rings. The maximum atomic E-state index is 5.93. The maximum absolute atomic E-state index is 5.93. The first-order chi connectivity index (χ1) is 10.2. The van der Waals surface area contributed by atoms with Crippen molar-refractivity contribution in [1.82, 2.24) is 19.3 Å². The van der Waals surface area contributed by atoms with Crippen molar-refractivity contribution in [3.05, 3.63) is 47.0 Å². The van der Waals surface area contributed by atoms with Gasteiger partial charge in [0.1, 0.15) is 5.82 Å². The number of nitrogens with zero attached hydrogens (tertiary/aromatic N) is 4. The molecule has 3 rings (SSSR count). The highest BCUT2D eigenvalue weighted by molar-refractivity contribution is 9.10. The molecule has 2 aromatic heterocycles. The van der Waals surface area contributed by atoms with Crippen molar-refractivity contribution in [2.24, 2.45) is 0 Å². The summed E-state index contributed by atoms with van der Waals surface area (Å²) in [5.74, 6) is 1.59. The number of aromatic nitrogens is 4. The number of hydrogen-bond donors (Lipinski definition) is 0. The van der Waals surface area contributed by atoms with Gasteiger partial charge in [-0.1, -0.05) is 15.9 Å². The van der Waals surface area contributed by atoms with Gasteiger partial charge in [-0.05, 0) is 31.2 Å². The van der Waals surface area contributed by atoms with Crippen LogP contribution in [0.25, 0.3) is 11.0 Å². The molecule has 0 aliphatic carbocycles. The molecule has 3 aromatic rings. The fraction of sp³-hybridized carbons (Fsp3) is 0.333. The van der Waals surface area contributed by atoms with Crippen molar-refractivity contribution < 1.29 is 0 Å². The number of benzene rings is 1. The van der Waals surface area contributed by atoms with Crippen molar-refractivity contribution in [3.8, 4) is 0 Å². The standard InChI is InChI=1S/C15H16BrClN4/c1-11(10-20-8-2-7-18-20)21-14-4-3-12(16)9-13(14)19-15(21)5-6-17/h2-4,7-9,11H,5-6,10H2,1H3. The zero-order chi connectivity index (χ0) is 14.8. The van der Waals surface area contributed by atoms with Crippen molar-refractivity contribution in [2.45, 2.75) is 25.9 Å². The molecule has 6 heteroatoms. The van der Waals surface area contributed by atoms with E-state index in [1.807, 2.05) is 29.1 Å². The van der Waals surface area contributed by atoms with Gasteiger partial charge in [-0.15, -0.1) is 11.6 Å². The Labute approximate surface area is 136 Å². The van der Waals surface area contributed by atoms with Crippen LogP contribution < -0.4 is 0 Å². The molecule has 110 valence electrons. The number of rotatable bonds is 5. The molecular weight excluding hydrogens is 352 g/mol. The van der Waals surface area contributed by atoms with Crippen molar-refractivity contribution in [3.63, 3.8) is 0 Å². The predicted molar refractivity (Wildman–Crippen MR) is 88.8 cm³/mol. The van der Waals surface area contributed by atoms with Crippen molar-refractivity contribution in [1.29, 1.82) is 0 Å². The minimum atomic E-state index is 0.259. The van der Waals surface area contributed by atoms with Gasteiger partial charge >= 0.3 is 0 Å². The number of halogens is 2. The first-order valence-electron chi connectivity index (χ1n) is 6.89. The second-order valence-corrected chi connectivity index (χ2v) is 6.34. The van der Waals surface area contributed by atoms with Gasteiger partial charge in [0.15, 0.2) is 0 Å². The minimum Gasteiger partial charge on any atom is -0.323 e. The SMILES string of the molecule is CC(Cn1cccn1)n1c(CCCl)nc2cc(Br)ccc21. The first kappa shape index (κ1) is 14.6. The Morgan fingerprint density at radius 2 is 2.24 bits per heavy atom. The van der Waals surface area contributed by atoms with E-state index in [0.29, 0.717) is 5.88 Å². The maximum Gasteiger partial charge on any atom is 0.111 e. The molecule has 0 aliphatic heterocycles. The van der Waals surface area contributed by atoms with E-state index >= 15 is 0 Å². The smallest absolute Gasteiger partial charge is 0.111 e. The van der Waals surface area contributed by atoms with Gasteiger partial charge in [-0.2, -0.15) is 5.10 Å². The van der Waals surface area contributed by atoms with E-state index in [2.05, 4.69) is 38.6 Å². The molecule has 0 N–H and O–H groups in total. The largest absolute Gasteiger partial charge is 0.323 e. The molecule has 1 atom stereocenters. The van der Waals surface area contributed by atoms with Crippen LogP contribution in [0.3, 0.4) is 0 Å². The number of alkyl halides is 1. The van der Waals surface area contributed by atoms with Crippen LogP contribution in [0.5, 0.6) is 0 Å². The summed E-state index contributed by atoms with van der Waals surface area (Å²) in [6, 6.07) is 8.39. The van der Waals surface area contributed by atoms with Gasteiger partial charge in [0, 0.05) is 29.2 Å². The van der Waals surface area contributed by atoms with E-state index in [-0.39, 0.29) is 6.04 Å². The minimum absolute atomic E-state index is 0.259. The van der Waals surface area contributed by atoms with E-state index in [1.54, 1.807) is 6.20 Å². The Hall–Kier alpha value is -1.33. The summed E-state index contributed by atoms with van der Waals surface area (Å²) in [4.78, 5) is 4.73. The molecule has 0 saturated carbocycles. The van der Waals surface area contributed by atoms with Gasteiger partial charge in [0.05, 0.1) is 23.6 Å². The molecule has 0 saturated heterocycles. The zero-order valence-electron chi connectivity index (χ0n) is 11.7. The van der Waals surface area contributed by atoms with Gasteiger partial charge in [-0.25, -0.2) is 4.98 Å². The number of hydrogen-bond acceptors (Lipinski definition) is 2. The third kappa shape index (κ3) is 2.99. The monoisotopic (exact) mass is 366 g/mol. The van der Waals surface area contributed by atoms with Crippen LogP contribution in [-0.2, 0) is 13.0 Å². The molecule has 0 bridgehead atoms. The van der Waals surface area contributed by atoms with E-state index in [1.165, 1.54) is 0 Å². The van der Waals surface area contributed by atoms with Crippen molar-refractivity contribution >= 4 is 38.6 Å². The van der Waals surface area contributed by atoms with E-state index in [9.17, 15) is 0 Å². The molecule has 4 nitrogen and oxygen atoms in total. The molecule has 1 aromatic carbocycles. The quantitative estimate of drug-likeness (QED) is 0.638. The lowest BCUT2D eigenvalue weighted by Crippen LogP contribution is -2.16. The van der Waals surface area contributed by atoms with Gasteiger partial charge in [-0.3, -0.25) is 4.68 Å². The molecule has 0 aliphatic rings. The summed E-state index contributed by atoms with van der Waals surface area (Å²) in [6.45, 7) is 2.99. The summed E-state index contributed by atoms with van der Waals surface area (Å²) in [5, 5.41) is 4.29. The van der Waals surface area contributed by atoms with Crippen LogP contribution in [0.4, 0.5) is 0 Å². The van der Waals surface area contributed by atoms with Gasteiger partial charge < -0.3 is 4.57 Å². The molecule has 2 heterocycles. The van der Waals surface area contributed by atoms with Crippen LogP contribution >= 0.6 is 27.5 Å². The van der Waals surface area contributed by atoms with E-state index in [4.69, 9.17) is 16.6 Å². The summed E-state index contributed by atoms with van der Waals surface area (Å²) >= 11 is 9.44. The van der Waals surface area contributed by atoms with Crippen LogP contribution in [0, 0.1) is 0 Å². The van der Waals surface area contributed by atoms with E-state index < -0.39 is 0 Å². The Morgan fingerprint density at radius 1 is 1.38 bits per heavy atom. The normalized spacial score (nSPS) is 12.9. The molecule has 1 unspecified atom stereocenters. The fourth-order valence-electron chi connectivity index (χ4n) is 2.64. The lowest BCUT2D eigenvalue weighted by atomic mass is 10.2. The average Bonchev–Trinajstić information content (AvgIpc) is 3.05. The second-order valence-electron chi connectivity index (χ2n) is 5.05. The van der Waals surface area contributed by atoms with Crippen LogP contribution in [0.15, 0.2) is 41.1 Å². The molecular formula is C15H16BrClN4. The van der Waals surface area contributed by atoms with Crippen molar-refractivity contribution in [2.75, 3.05) is 5.88 Å². The Morgan fingerprint density at radius 3 is 2.95 bits per heavy atom. The Bertz CT molecular complexity index is 736. The van der Waals surface area contributed by atoms with Crippen LogP contribution in [-0.4, -0.2) is 25.2 Å². The zero-order valence-corrected chi connectivity index (χ0v) is 14.0. The third-order valence-electron chi connectivity index (χ3n) is 3.49. The van der Waals surface area contributed by atoms with Gasteiger partial charge in [0.25, 0.3) is 0 Å². The summed E-state index contributed by atoms with van der Waals surface area (Å²) in [6.07, 6.45) is 4.54. The highest BCUT2D eigenvalue weighted by atomic mass is 79.9. The van der Waals surface area contributed by atoms with Crippen LogP contribution in [0.1, 0.15) is 18.8 Å². The molecule has 21 heavy (non-hydrogen) atoms. The molecule has 0 amide bonds. The second kappa shape index (κ2) is 6.20. The Balaban J connectivity index is 2.03. The van der Waals surface area contributed by atoms with Crippen LogP contribution in [0.2, 0.25) is 0 Å². The van der Waals surface area contributed by atoms with E-state index in [0.717, 1.165) is 34.3 Å². The lowest BCUT2D eigenvalue weighted by molar-refractivity contribution is 0.435. The highest BCUT2D eigenvalue weighted by Gasteiger charge is 2.16. The molecule has 0 spiro atoms. The Kier molecular flexibility index (Phi) is 4.31. The number of fused-ring (bicyclic) bond motifs is 1. The lowest BCUT2D eigenvalue weighted by Gasteiger charge is -2.17. The predicted octanol–water partition coefficient (Wildman–Crippen LogP) is 4.04. The average molecular weight is 368 g/mol. The number of aryl methyl sites for hydroxylation is 1.